The van der Waals surface area contributed by atoms with Gasteiger partial charge in [-0.25, -0.2) is 0 Å². The third-order valence-electron chi connectivity index (χ3n) is 3.22. The summed E-state index contributed by atoms with van der Waals surface area (Å²) in [6.07, 6.45) is 2.39. The summed E-state index contributed by atoms with van der Waals surface area (Å²) in [5, 5.41) is 0. The van der Waals surface area contributed by atoms with E-state index in [0.717, 1.165) is 13.1 Å². The van der Waals surface area contributed by atoms with Crippen LogP contribution in [-0.4, -0.2) is 42.1 Å². The molecular weight excluding hydrogens is 192 g/mol. The van der Waals surface area contributed by atoms with Crippen LogP contribution in [0, 0.1) is 0 Å². The average molecular weight is 214 g/mol. The van der Waals surface area contributed by atoms with Crippen LogP contribution in [0.3, 0.4) is 0 Å². The minimum absolute atomic E-state index is 0.297. The molecule has 4 heteroatoms. The van der Waals surface area contributed by atoms with E-state index in [1.807, 2.05) is 13.8 Å². The first-order valence-corrected chi connectivity index (χ1v) is 5.67. The van der Waals surface area contributed by atoms with Gasteiger partial charge in [0, 0.05) is 5.54 Å². The summed E-state index contributed by atoms with van der Waals surface area (Å²) in [6.45, 7) is 8.27. The highest BCUT2D eigenvalue weighted by Gasteiger charge is 2.39. The predicted octanol–water partition coefficient (Wildman–Crippen LogP) is 0.751. The molecule has 1 atom stereocenters. The normalized spacial score (nSPS) is 20.3. The van der Waals surface area contributed by atoms with E-state index in [0.29, 0.717) is 6.61 Å². The Bertz CT molecular complexity index is 223. The summed E-state index contributed by atoms with van der Waals surface area (Å²) in [5.41, 5.74) is 5.64. The summed E-state index contributed by atoms with van der Waals surface area (Å²) in [5.74, 6) is -0.297. The van der Waals surface area contributed by atoms with Crippen molar-refractivity contribution in [3.63, 3.8) is 0 Å². The van der Waals surface area contributed by atoms with Gasteiger partial charge in [-0.15, -0.1) is 0 Å². The second-order valence-corrected chi connectivity index (χ2v) is 4.58. The molecule has 1 aliphatic heterocycles. The summed E-state index contributed by atoms with van der Waals surface area (Å²) in [6, 6.07) is -0.560. The second kappa shape index (κ2) is 4.94. The Morgan fingerprint density at radius 2 is 2.00 bits per heavy atom. The van der Waals surface area contributed by atoms with Crippen LogP contribution < -0.4 is 5.73 Å². The number of ether oxygens (including phenoxy) is 1. The van der Waals surface area contributed by atoms with Crippen LogP contribution in [-0.2, 0) is 9.53 Å². The van der Waals surface area contributed by atoms with E-state index in [1.54, 1.807) is 6.92 Å². The van der Waals surface area contributed by atoms with Gasteiger partial charge in [-0.05, 0) is 46.7 Å². The molecule has 88 valence electrons. The van der Waals surface area contributed by atoms with Crippen LogP contribution in [0.5, 0.6) is 0 Å². The van der Waals surface area contributed by atoms with Crippen LogP contribution in [0.25, 0.3) is 0 Å². The topological polar surface area (TPSA) is 55.6 Å². The lowest BCUT2D eigenvalue weighted by Crippen LogP contribution is -2.58. The Morgan fingerprint density at radius 1 is 1.47 bits per heavy atom. The lowest BCUT2D eigenvalue weighted by molar-refractivity contribution is -0.148. The summed E-state index contributed by atoms with van der Waals surface area (Å²) in [7, 11) is 0. The zero-order valence-electron chi connectivity index (χ0n) is 9.95. The number of hydrogen-bond acceptors (Lipinski definition) is 4. The van der Waals surface area contributed by atoms with Crippen molar-refractivity contribution in [2.45, 2.75) is 45.2 Å². The molecule has 1 heterocycles. The number of esters is 1. The molecule has 0 amide bonds. The molecule has 0 aromatic heterocycles. The molecule has 0 aromatic carbocycles. The Balaban J connectivity index is 2.62. The smallest absolute Gasteiger partial charge is 0.324 e. The molecule has 4 nitrogen and oxygen atoms in total. The van der Waals surface area contributed by atoms with Gasteiger partial charge in [-0.1, -0.05) is 0 Å². The molecule has 0 saturated carbocycles. The molecule has 2 N–H and O–H groups in total. The van der Waals surface area contributed by atoms with Gasteiger partial charge >= 0.3 is 5.97 Å². The molecular formula is C11H22N2O2. The first-order valence-electron chi connectivity index (χ1n) is 5.67. The summed E-state index contributed by atoms with van der Waals surface area (Å²) >= 11 is 0. The van der Waals surface area contributed by atoms with E-state index in [4.69, 9.17) is 10.5 Å². The Morgan fingerprint density at radius 3 is 2.47 bits per heavy atom. The van der Waals surface area contributed by atoms with Gasteiger partial charge in [-0.2, -0.15) is 0 Å². The van der Waals surface area contributed by atoms with Crippen molar-refractivity contribution >= 4 is 5.97 Å². The zero-order chi connectivity index (χ0) is 11.5. The van der Waals surface area contributed by atoms with E-state index in [9.17, 15) is 4.79 Å². The Labute approximate surface area is 91.8 Å². The van der Waals surface area contributed by atoms with E-state index < -0.39 is 6.04 Å². The molecule has 1 unspecified atom stereocenters. The number of carbonyl (C=O) groups is 1. The number of nitrogens with two attached hydrogens (primary N) is 1. The minimum atomic E-state index is -0.560. The van der Waals surface area contributed by atoms with Crippen molar-refractivity contribution in [3.05, 3.63) is 0 Å². The van der Waals surface area contributed by atoms with Crippen molar-refractivity contribution in [1.82, 2.24) is 4.90 Å². The number of likely N-dealkylation sites (tertiary alicyclic amines) is 1. The summed E-state index contributed by atoms with van der Waals surface area (Å²) < 4.78 is 4.96. The van der Waals surface area contributed by atoms with Crippen molar-refractivity contribution in [2.24, 2.45) is 5.73 Å². The van der Waals surface area contributed by atoms with Gasteiger partial charge < -0.3 is 10.5 Å². The van der Waals surface area contributed by atoms with Crippen molar-refractivity contribution in [1.29, 1.82) is 0 Å². The van der Waals surface area contributed by atoms with E-state index >= 15 is 0 Å². The number of rotatable bonds is 4. The fourth-order valence-electron chi connectivity index (χ4n) is 2.01. The minimum Gasteiger partial charge on any atom is -0.465 e. The molecule has 1 aliphatic rings. The molecule has 0 spiro atoms. The maximum atomic E-state index is 11.6. The lowest BCUT2D eigenvalue weighted by Gasteiger charge is -2.38. The zero-order valence-corrected chi connectivity index (χ0v) is 9.95. The quantitative estimate of drug-likeness (QED) is 0.702. The molecule has 1 rings (SSSR count). The van der Waals surface area contributed by atoms with Gasteiger partial charge in [0.2, 0.25) is 0 Å². The number of carbonyl (C=O) groups excluding carboxylic acids is 1. The number of nitrogens with zero attached hydrogens (tertiary/aromatic N) is 1. The standard InChI is InChI=1S/C11H22N2O2/c1-4-15-10(14)9(12)11(2,3)13-7-5-6-8-13/h9H,4-8,12H2,1-3H3. The van der Waals surface area contributed by atoms with Crippen LogP contribution in [0.1, 0.15) is 33.6 Å². The van der Waals surface area contributed by atoms with Gasteiger partial charge in [0.1, 0.15) is 6.04 Å². The molecule has 1 fully saturated rings. The van der Waals surface area contributed by atoms with E-state index in [2.05, 4.69) is 4.90 Å². The highest BCUT2D eigenvalue weighted by molar-refractivity contribution is 5.77. The molecule has 0 aliphatic carbocycles. The fraction of sp³-hybridized carbons (Fsp3) is 0.909. The van der Waals surface area contributed by atoms with Crippen LogP contribution in [0.2, 0.25) is 0 Å². The highest BCUT2D eigenvalue weighted by Crippen LogP contribution is 2.23. The van der Waals surface area contributed by atoms with E-state index in [-0.39, 0.29) is 11.5 Å². The van der Waals surface area contributed by atoms with Gasteiger partial charge in [0.05, 0.1) is 6.61 Å². The third kappa shape index (κ3) is 2.69. The van der Waals surface area contributed by atoms with Crippen LogP contribution >= 0.6 is 0 Å². The van der Waals surface area contributed by atoms with Gasteiger partial charge in [-0.3, -0.25) is 9.69 Å². The highest BCUT2D eigenvalue weighted by atomic mass is 16.5. The van der Waals surface area contributed by atoms with Crippen LogP contribution in [0.15, 0.2) is 0 Å². The third-order valence-corrected chi connectivity index (χ3v) is 3.22. The van der Waals surface area contributed by atoms with Crippen LogP contribution in [0.4, 0.5) is 0 Å². The van der Waals surface area contributed by atoms with Crippen molar-refractivity contribution in [2.75, 3.05) is 19.7 Å². The molecule has 0 radical (unpaired) electrons. The SMILES string of the molecule is CCOC(=O)C(N)C(C)(C)N1CCCC1. The largest absolute Gasteiger partial charge is 0.465 e. The first-order chi connectivity index (χ1) is 7.00. The van der Waals surface area contributed by atoms with E-state index in [1.165, 1.54) is 12.8 Å². The Kier molecular flexibility index (Phi) is 4.11. The van der Waals surface area contributed by atoms with Gasteiger partial charge in [0.15, 0.2) is 0 Å². The maximum Gasteiger partial charge on any atom is 0.324 e. The second-order valence-electron chi connectivity index (χ2n) is 4.58. The van der Waals surface area contributed by atoms with Gasteiger partial charge in [0.25, 0.3) is 0 Å². The summed E-state index contributed by atoms with van der Waals surface area (Å²) in [4.78, 5) is 13.8. The lowest BCUT2D eigenvalue weighted by atomic mass is 9.93. The molecule has 15 heavy (non-hydrogen) atoms. The maximum absolute atomic E-state index is 11.6. The monoisotopic (exact) mass is 214 g/mol. The molecule has 0 aromatic rings. The van der Waals surface area contributed by atoms with Crippen molar-refractivity contribution < 1.29 is 9.53 Å². The van der Waals surface area contributed by atoms with Crippen molar-refractivity contribution in [3.8, 4) is 0 Å². The molecule has 0 bridgehead atoms. The Hall–Kier alpha value is -0.610. The average Bonchev–Trinajstić information content (AvgIpc) is 2.70. The predicted molar refractivity (Wildman–Crippen MR) is 59.5 cm³/mol. The fourth-order valence-corrected chi connectivity index (χ4v) is 2.01. The number of hydrogen-bond donors (Lipinski definition) is 1. The molecule has 1 saturated heterocycles. The first kappa shape index (κ1) is 12.5.